The van der Waals surface area contributed by atoms with Crippen molar-refractivity contribution in [1.82, 2.24) is 15.1 Å². The van der Waals surface area contributed by atoms with Gasteiger partial charge in [-0.2, -0.15) is 0 Å². The molecule has 0 spiro atoms. The SMILES string of the molecule is [2H]C([2H])([2H])C(=O)NC1(c2cccc(C)c2C)CCN(CC(C)[C@@H](c2cc(Cl)c(Cl)c(C)c2C)C(C)N(C)C(=O)c2ccc(C)c(C)c2C)C(C)(C)C1C. The summed E-state index contributed by atoms with van der Waals surface area (Å²) in [5.74, 6) is -1.22. The molecule has 1 saturated heterocycles. The number of piperidine rings is 1. The van der Waals surface area contributed by atoms with Crippen LogP contribution in [-0.4, -0.2) is 53.3 Å². The van der Waals surface area contributed by atoms with Gasteiger partial charge in [-0.05, 0) is 144 Å². The third-order valence-corrected chi connectivity index (χ3v) is 13.7. The van der Waals surface area contributed by atoms with Crippen molar-refractivity contribution in [3.8, 4) is 0 Å². The van der Waals surface area contributed by atoms with E-state index >= 15 is 0 Å². The van der Waals surface area contributed by atoms with Crippen molar-refractivity contribution < 1.29 is 13.7 Å². The molecular weight excluding hydrogens is 661 g/mol. The van der Waals surface area contributed by atoms with Crippen LogP contribution in [0.3, 0.4) is 0 Å². The number of benzene rings is 3. The topological polar surface area (TPSA) is 52.7 Å². The maximum Gasteiger partial charge on any atom is 0.254 e. The summed E-state index contributed by atoms with van der Waals surface area (Å²) in [5.41, 5.74) is 8.72. The molecule has 4 unspecified atom stereocenters. The molecule has 1 N–H and O–H groups in total. The monoisotopic (exact) mass is 722 g/mol. The molecule has 5 atom stereocenters. The number of amides is 2. The van der Waals surface area contributed by atoms with Crippen LogP contribution in [0.2, 0.25) is 10.0 Å². The number of halogens is 2. The molecule has 1 aliphatic rings. The molecule has 0 aliphatic carbocycles. The molecule has 7 heteroatoms. The molecule has 0 radical (unpaired) electrons. The maximum absolute atomic E-state index is 14.2. The first kappa shape index (κ1) is 35.5. The number of nitrogens with one attached hydrogen (secondary N) is 1. The number of likely N-dealkylation sites (tertiary alicyclic amines) is 1. The fourth-order valence-electron chi connectivity index (χ4n) is 8.58. The highest BCUT2D eigenvalue weighted by molar-refractivity contribution is 6.42. The molecule has 2 amide bonds. The number of carbonyl (C=O) groups excluding carboxylic acids is 2. The van der Waals surface area contributed by atoms with Gasteiger partial charge in [0, 0.05) is 60.1 Å². The molecule has 0 bridgehead atoms. The molecular formula is C43H59Cl2N3O2. The van der Waals surface area contributed by atoms with Crippen molar-refractivity contribution in [3.05, 3.63) is 102 Å². The summed E-state index contributed by atoms with van der Waals surface area (Å²) < 4.78 is 23.8. The van der Waals surface area contributed by atoms with E-state index in [1.165, 1.54) is 0 Å². The largest absolute Gasteiger partial charge is 0.346 e. The Morgan fingerprint density at radius 2 is 1.60 bits per heavy atom. The number of hydrogen-bond donors (Lipinski definition) is 1. The molecule has 1 fully saturated rings. The number of rotatable bonds is 9. The summed E-state index contributed by atoms with van der Waals surface area (Å²) in [6, 6.07) is 11.8. The predicted octanol–water partition coefficient (Wildman–Crippen LogP) is 10.2. The Bertz CT molecular complexity index is 1890. The predicted molar refractivity (Wildman–Crippen MR) is 211 cm³/mol. The summed E-state index contributed by atoms with van der Waals surface area (Å²) in [4.78, 5) is 31.9. The zero-order chi connectivity index (χ0) is 40.1. The minimum atomic E-state index is -2.78. The van der Waals surface area contributed by atoms with E-state index in [1.54, 1.807) is 0 Å². The molecule has 3 aromatic carbocycles. The molecule has 4 rings (SSSR count). The Morgan fingerprint density at radius 1 is 0.960 bits per heavy atom. The van der Waals surface area contributed by atoms with Gasteiger partial charge < -0.3 is 10.2 Å². The van der Waals surface area contributed by atoms with Crippen LogP contribution in [0.25, 0.3) is 0 Å². The minimum Gasteiger partial charge on any atom is -0.346 e. The van der Waals surface area contributed by atoms with E-state index in [0.29, 0.717) is 35.1 Å². The normalized spacial score (nSPS) is 22.1. The zero-order valence-corrected chi connectivity index (χ0v) is 33.9. The van der Waals surface area contributed by atoms with Crippen molar-refractivity contribution in [2.24, 2.45) is 11.8 Å². The van der Waals surface area contributed by atoms with Crippen molar-refractivity contribution in [2.75, 3.05) is 20.1 Å². The Labute approximate surface area is 316 Å². The second kappa shape index (κ2) is 15.0. The van der Waals surface area contributed by atoms with E-state index in [-0.39, 0.29) is 29.7 Å². The van der Waals surface area contributed by atoms with Crippen molar-refractivity contribution in [1.29, 1.82) is 0 Å². The number of carbonyl (C=O) groups is 2. The highest BCUT2D eigenvalue weighted by atomic mass is 35.5. The van der Waals surface area contributed by atoms with Crippen molar-refractivity contribution >= 4 is 35.0 Å². The highest BCUT2D eigenvalue weighted by Crippen LogP contribution is 2.48. The Balaban J connectivity index is 1.78. The first-order chi connectivity index (χ1) is 24.4. The van der Waals surface area contributed by atoms with E-state index < -0.39 is 23.8 Å². The summed E-state index contributed by atoms with van der Waals surface area (Å²) in [6.07, 6.45) is 0.534. The first-order valence-corrected chi connectivity index (χ1v) is 18.6. The third-order valence-electron chi connectivity index (χ3n) is 12.8. The third kappa shape index (κ3) is 7.12. The van der Waals surface area contributed by atoms with E-state index in [4.69, 9.17) is 27.3 Å². The molecule has 5 nitrogen and oxygen atoms in total. The van der Waals surface area contributed by atoms with Gasteiger partial charge in [-0.3, -0.25) is 14.5 Å². The van der Waals surface area contributed by atoms with Gasteiger partial charge in [0.25, 0.3) is 5.91 Å². The van der Waals surface area contributed by atoms with Gasteiger partial charge >= 0.3 is 0 Å². The lowest BCUT2D eigenvalue weighted by Gasteiger charge is -2.58. The lowest BCUT2D eigenvalue weighted by atomic mass is 9.63. The molecule has 1 heterocycles. The van der Waals surface area contributed by atoms with E-state index in [2.05, 4.69) is 65.6 Å². The maximum atomic E-state index is 14.2. The van der Waals surface area contributed by atoms with Crippen LogP contribution in [-0.2, 0) is 10.3 Å². The zero-order valence-electron chi connectivity index (χ0n) is 35.4. The van der Waals surface area contributed by atoms with Crippen LogP contribution in [0.1, 0.15) is 118 Å². The highest BCUT2D eigenvalue weighted by Gasteiger charge is 2.53. The van der Waals surface area contributed by atoms with Gasteiger partial charge in [-0.1, -0.05) is 61.3 Å². The van der Waals surface area contributed by atoms with E-state index in [9.17, 15) is 9.59 Å². The average molecular weight is 724 g/mol. The smallest absolute Gasteiger partial charge is 0.254 e. The number of nitrogens with zero attached hydrogens (tertiary/aromatic N) is 2. The van der Waals surface area contributed by atoms with Crippen LogP contribution in [0, 0.1) is 60.3 Å². The van der Waals surface area contributed by atoms with Crippen LogP contribution < -0.4 is 5.32 Å². The summed E-state index contributed by atoms with van der Waals surface area (Å²) >= 11 is 13.4. The van der Waals surface area contributed by atoms with E-state index in [1.807, 2.05) is 76.0 Å². The van der Waals surface area contributed by atoms with Crippen LogP contribution >= 0.6 is 23.2 Å². The fraction of sp³-hybridized carbons (Fsp3) is 0.535. The van der Waals surface area contributed by atoms with Gasteiger partial charge in [0.05, 0.1) is 15.6 Å². The Kier molecular flexibility index (Phi) is 10.7. The van der Waals surface area contributed by atoms with Gasteiger partial charge in [0.1, 0.15) is 0 Å². The van der Waals surface area contributed by atoms with Gasteiger partial charge in [0.2, 0.25) is 5.91 Å². The number of aryl methyl sites for hydroxylation is 2. The van der Waals surface area contributed by atoms with Gasteiger partial charge in [-0.25, -0.2) is 0 Å². The Morgan fingerprint density at radius 3 is 2.24 bits per heavy atom. The molecule has 0 aromatic heterocycles. The second-order valence-electron chi connectivity index (χ2n) is 15.6. The quantitative estimate of drug-likeness (QED) is 0.239. The Hall–Kier alpha value is -2.86. The summed E-state index contributed by atoms with van der Waals surface area (Å²) in [5, 5.41) is 4.11. The number of hydrogen-bond acceptors (Lipinski definition) is 3. The van der Waals surface area contributed by atoms with Crippen molar-refractivity contribution in [2.45, 2.75) is 119 Å². The standard InChI is InChI=1S/C43H59Cl2N3O2/c1-24-16-15-17-37(28(24)5)43(46-34(11)49)20-21-48(42(12,13)33(43)10)23-26(3)39(36-22-38(44)40(45)31(8)30(36)7)32(9)47(14)41(50)35-19-18-25(2)27(4)29(35)6/h15-19,22,26,32-33,39H,20-21,23H2,1-14H3,(H,46,49)/t26?,32?,33?,39-,43?/m1/s1/i11D3. The lowest BCUT2D eigenvalue weighted by Crippen LogP contribution is -2.67. The molecule has 1 aliphatic heterocycles. The van der Waals surface area contributed by atoms with E-state index in [0.717, 1.165) is 50.1 Å². The summed E-state index contributed by atoms with van der Waals surface area (Å²) in [6.45, 7) is 23.7. The molecule has 272 valence electrons. The molecule has 50 heavy (non-hydrogen) atoms. The van der Waals surface area contributed by atoms with Crippen LogP contribution in [0.15, 0.2) is 36.4 Å². The fourth-order valence-corrected chi connectivity index (χ4v) is 9.04. The molecule has 3 aromatic rings. The van der Waals surface area contributed by atoms with Crippen LogP contribution in [0.4, 0.5) is 0 Å². The summed E-state index contributed by atoms with van der Waals surface area (Å²) in [7, 11) is 1.89. The minimum absolute atomic E-state index is 0.0278. The number of likely N-dealkylation sites (N-methyl/N-ethyl adjacent to an activating group) is 1. The second-order valence-corrected chi connectivity index (χ2v) is 16.4. The van der Waals surface area contributed by atoms with Gasteiger partial charge in [0.15, 0.2) is 0 Å². The average Bonchev–Trinajstić information content (AvgIpc) is 3.08. The first-order valence-electron chi connectivity index (χ1n) is 19.3. The van der Waals surface area contributed by atoms with Crippen molar-refractivity contribution in [3.63, 3.8) is 0 Å². The molecule has 0 saturated carbocycles. The van der Waals surface area contributed by atoms with Gasteiger partial charge in [-0.15, -0.1) is 0 Å². The lowest BCUT2D eigenvalue weighted by molar-refractivity contribution is -0.125. The van der Waals surface area contributed by atoms with Crippen LogP contribution in [0.5, 0.6) is 0 Å².